The number of fused-ring (bicyclic) bond motifs is 3. The molecule has 22 bridgehead atoms. The summed E-state index contributed by atoms with van der Waals surface area (Å²) in [6.07, 6.45) is -51.1. The fraction of sp³-hybridized carbons (Fsp3) is 1.00. The van der Waals surface area contributed by atoms with E-state index in [-0.39, 0.29) is 23.9 Å². The third kappa shape index (κ3) is 15.6. The molecule has 0 aromatic heterocycles. The normalized spacial score (nSPS) is 55.7. The summed E-state index contributed by atoms with van der Waals surface area (Å²) in [5, 5.41) is 224. The number of rotatable bonds is 11. The summed E-state index contributed by atoms with van der Waals surface area (Å²) < 4.78 is 87.4. The third-order valence-corrected chi connectivity index (χ3v) is 26.7. The Balaban J connectivity index is 0.821. The van der Waals surface area contributed by atoms with Crippen molar-refractivity contribution in [3.8, 4) is 0 Å². The number of aliphatic hydroxyl groups excluding tert-OH is 19. The molecule has 602 valence electrons. The van der Waals surface area contributed by atoms with Crippen molar-refractivity contribution in [1.29, 1.82) is 0 Å². The van der Waals surface area contributed by atoms with Crippen molar-refractivity contribution in [3.63, 3.8) is 0 Å². The molecule has 0 radical (unpaired) electrons. The van der Waals surface area contributed by atoms with E-state index in [2.05, 4.69) is 9.80 Å². The molecule has 8 saturated carbocycles. The zero-order valence-electron chi connectivity index (χ0n) is 58.9. The molecule has 15 aliphatic heterocycles. The Hall–Kier alpha value is -1.40. The molecule has 35 atom stereocenters. The van der Waals surface area contributed by atoms with E-state index in [1.165, 1.54) is 38.5 Å². The van der Waals surface area contributed by atoms with Crippen LogP contribution in [-0.2, 0) is 66.3 Å². The Bertz CT molecular complexity index is 2700. The molecule has 35 nitrogen and oxygen atoms in total. The van der Waals surface area contributed by atoms with E-state index in [9.17, 15) is 97.0 Å². The summed E-state index contributed by atoms with van der Waals surface area (Å²) >= 11 is 0. The van der Waals surface area contributed by atoms with Crippen LogP contribution in [0.2, 0.25) is 0 Å². The van der Waals surface area contributed by atoms with E-state index in [1.54, 1.807) is 0 Å². The predicted molar refractivity (Wildman–Crippen MR) is 347 cm³/mol. The Labute approximate surface area is 607 Å². The second-order valence-corrected chi connectivity index (χ2v) is 33.9. The van der Waals surface area contributed by atoms with Crippen molar-refractivity contribution < 1.29 is 163 Å². The van der Waals surface area contributed by atoms with Gasteiger partial charge in [-0.3, -0.25) is 0 Å². The van der Waals surface area contributed by atoms with Gasteiger partial charge in [0.1, 0.15) is 171 Å². The van der Waals surface area contributed by atoms with E-state index >= 15 is 0 Å². The van der Waals surface area contributed by atoms with Crippen molar-refractivity contribution >= 4 is 0 Å². The highest BCUT2D eigenvalue weighted by atomic mass is 16.8. The second kappa shape index (κ2) is 32.5. The smallest absolute Gasteiger partial charge is 0.187 e. The molecule has 0 aromatic carbocycles. The molecule has 14 unspecified atom stereocenters. The van der Waals surface area contributed by atoms with Crippen molar-refractivity contribution in [1.82, 2.24) is 9.80 Å². The van der Waals surface area contributed by atoms with Crippen LogP contribution in [0.25, 0.3) is 0 Å². The molecular formula is C70H114N2O33. The third-order valence-electron chi connectivity index (χ3n) is 26.7. The molecule has 0 amide bonds. The summed E-state index contributed by atoms with van der Waals surface area (Å²) in [7, 11) is 0. The Morgan fingerprint density at radius 1 is 0.248 bits per heavy atom. The number of hydrogen-bond donors (Lipinski definition) is 19. The SMILES string of the molecule is OC[C@H]1O[C@@H]2O[C@H]3C(O)C(O)[C@H](O[C@@H]3CO)O[C@H]3C(O)C(O)[C@@H]4O[C@@H]3CN(CCC35CC6CC(CC(C6)C3)C5)CCCCN(CCC35CC6CC(CC(C6)C3)C5)C[C@H]3O[C@H](O[C@H]5C(O)C(O)[C@H](O[C@@H]5CO)O[C@H]1C(O)C2O)C(O)C(O)[C@@H]3O[C@H]1O[C@H](CO)[C@@H](O[C@H]2O[C@H](CO)[C@@H](O4)C(O)C2O)C(O)C1O. The van der Waals surface area contributed by atoms with Crippen LogP contribution < -0.4 is 0 Å². The number of hydrogen-bond acceptors (Lipinski definition) is 35. The van der Waals surface area contributed by atoms with Gasteiger partial charge < -0.3 is 173 Å². The van der Waals surface area contributed by atoms with Crippen molar-refractivity contribution in [2.24, 2.45) is 46.3 Å². The monoisotopic (exact) mass is 1510 g/mol. The van der Waals surface area contributed by atoms with Crippen LogP contribution in [0, 0.1) is 46.3 Å². The van der Waals surface area contributed by atoms with Gasteiger partial charge in [0.15, 0.2) is 44.0 Å². The zero-order chi connectivity index (χ0) is 73.8. The van der Waals surface area contributed by atoms with Gasteiger partial charge in [0.25, 0.3) is 0 Å². The maximum absolute atomic E-state index is 12.6. The van der Waals surface area contributed by atoms with E-state index in [1.807, 2.05) is 0 Å². The molecule has 0 spiro atoms. The Kier molecular flexibility index (Phi) is 24.4. The van der Waals surface area contributed by atoms with Gasteiger partial charge in [-0.2, -0.15) is 0 Å². The highest BCUT2D eigenvalue weighted by molar-refractivity contribution is 5.07. The molecule has 23 aliphatic rings. The molecule has 23 rings (SSSR count). The van der Waals surface area contributed by atoms with Gasteiger partial charge in [-0.25, -0.2) is 0 Å². The molecule has 23 fully saturated rings. The lowest BCUT2D eigenvalue weighted by molar-refractivity contribution is -0.396. The minimum atomic E-state index is -2.17. The van der Waals surface area contributed by atoms with Crippen molar-refractivity contribution in [3.05, 3.63) is 0 Å². The van der Waals surface area contributed by atoms with Crippen LogP contribution in [0.1, 0.15) is 103 Å². The van der Waals surface area contributed by atoms with E-state index in [0.29, 0.717) is 74.5 Å². The first-order chi connectivity index (χ1) is 50.4. The standard InChI is InChI=1S/C70H114N2O33/c73-23-36-57-45(82)52(89)66(96-36)103-59-38(25-75)94-64(50(87)43(59)80)99-55-34-21-71(7-3-69-15-28-9-29(16-69)11-30(10-28)17-69)5-1-2-6-72(8-4-70-18-31-12-32(19-70)14-33(13-31)20-70)22-35-56(41(78)48(85)62(92-35)101-57)100-65-51(88)44(81)60(39(26-76)95-65)104-68-54(91)47(84)61(40(27-77)98-68)105-67-53(90)46(83)58(37(24-74)97-67)102-63(93-34)49(86)42(55)79/h28-68,73-91H,1-27H2/t28?,29?,30?,31?,32?,33?,34-,35-,36-,37-,38-,39-,40-,41?,42?,43?,44?,45?,46?,47?,48?,49?,50?,51?,52?,53?,54?,55-,56-,57-,58-,59-,60-,61-,62-,63-,64-,65-,66-,67-,68-,69?,70?/m1/s1. The summed E-state index contributed by atoms with van der Waals surface area (Å²) in [6.45, 7) is -3.37. The largest absolute Gasteiger partial charge is 0.394 e. The fourth-order valence-corrected chi connectivity index (χ4v) is 22.2. The molecule has 19 N–H and O–H groups in total. The number of nitrogens with zero attached hydrogens (tertiary/aromatic N) is 2. The van der Waals surface area contributed by atoms with Crippen LogP contribution in [0.15, 0.2) is 0 Å². The predicted octanol–water partition coefficient (Wildman–Crippen LogP) is -7.60. The molecule has 35 heteroatoms. The van der Waals surface area contributed by atoms with Crippen LogP contribution in [0.5, 0.6) is 0 Å². The number of aliphatic hydroxyl groups is 19. The summed E-state index contributed by atoms with van der Waals surface area (Å²) in [6, 6.07) is 0. The van der Waals surface area contributed by atoms with Gasteiger partial charge in [0, 0.05) is 13.1 Å². The summed E-state index contributed by atoms with van der Waals surface area (Å²) in [4.78, 5) is 4.32. The van der Waals surface area contributed by atoms with E-state index in [0.717, 1.165) is 51.4 Å². The average Bonchev–Trinajstić information content (AvgIpc) is 0.752. The van der Waals surface area contributed by atoms with Gasteiger partial charge >= 0.3 is 0 Å². The molecule has 8 aliphatic carbocycles. The summed E-state index contributed by atoms with van der Waals surface area (Å²) in [5.74, 6) is 3.59. The molecule has 15 heterocycles. The van der Waals surface area contributed by atoms with Gasteiger partial charge in [-0.1, -0.05) is 0 Å². The van der Waals surface area contributed by atoms with E-state index < -0.39 is 248 Å². The Morgan fingerprint density at radius 3 is 0.667 bits per heavy atom. The first kappa shape index (κ1) is 78.9. The average molecular weight is 1510 g/mol. The maximum atomic E-state index is 12.6. The minimum absolute atomic E-state index is 0.0277. The lowest BCUT2D eigenvalue weighted by Gasteiger charge is -2.57. The molecule has 105 heavy (non-hydrogen) atoms. The van der Waals surface area contributed by atoms with Gasteiger partial charge in [-0.05, 0) is 175 Å². The molecule has 15 saturated heterocycles. The minimum Gasteiger partial charge on any atom is -0.394 e. The first-order valence-corrected chi connectivity index (χ1v) is 38.6. The van der Waals surface area contributed by atoms with Crippen molar-refractivity contribution in [2.75, 3.05) is 72.3 Å². The Morgan fingerprint density at radius 2 is 0.448 bits per heavy atom. The second-order valence-electron chi connectivity index (χ2n) is 33.9. The number of ether oxygens (including phenoxy) is 14. The summed E-state index contributed by atoms with van der Waals surface area (Å²) in [5.41, 5.74) is 0.0555. The highest BCUT2D eigenvalue weighted by Gasteiger charge is 2.61. The quantitative estimate of drug-likeness (QED) is 0.0914. The highest BCUT2D eigenvalue weighted by Crippen LogP contribution is 2.63. The lowest BCUT2D eigenvalue weighted by Crippen LogP contribution is -2.68. The maximum Gasteiger partial charge on any atom is 0.187 e. The van der Waals surface area contributed by atoms with Crippen LogP contribution in [0.3, 0.4) is 0 Å². The van der Waals surface area contributed by atoms with Crippen molar-refractivity contribution in [2.45, 2.75) is 318 Å². The molecular weight excluding hydrogens is 1400 g/mol. The molecule has 0 aromatic rings. The van der Waals surface area contributed by atoms with Crippen LogP contribution >= 0.6 is 0 Å². The van der Waals surface area contributed by atoms with E-state index in [4.69, 9.17) is 66.3 Å². The van der Waals surface area contributed by atoms with Crippen LogP contribution in [-0.4, -0.2) is 394 Å². The topological polar surface area (TPSA) is 520 Å². The lowest BCUT2D eigenvalue weighted by atomic mass is 9.49. The van der Waals surface area contributed by atoms with Crippen LogP contribution in [0.4, 0.5) is 0 Å². The van der Waals surface area contributed by atoms with Gasteiger partial charge in [-0.15, -0.1) is 0 Å². The van der Waals surface area contributed by atoms with Gasteiger partial charge in [0.05, 0.1) is 33.0 Å². The van der Waals surface area contributed by atoms with Gasteiger partial charge in [0.2, 0.25) is 0 Å². The zero-order valence-corrected chi connectivity index (χ0v) is 58.9. The first-order valence-electron chi connectivity index (χ1n) is 38.6. The fourth-order valence-electron chi connectivity index (χ4n) is 22.2.